The van der Waals surface area contributed by atoms with Gasteiger partial charge >= 0.3 is 0 Å². The Kier molecular flexibility index (Phi) is 3.48. The highest BCUT2D eigenvalue weighted by atomic mass is 127. The normalized spacial score (nSPS) is 9.90. The second-order valence-corrected chi connectivity index (χ2v) is 5.16. The molecule has 0 aliphatic heterocycles. The molecular weight excluding hydrogens is 467 g/mol. The molecule has 0 amide bonds. The summed E-state index contributed by atoms with van der Waals surface area (Å²) in [7, 11) is 0. The topological polar surface area (TPSA) is 26.0 Å². The number of halogens is 3. The molecule has 0 aliphatic rings. The number of nitrogens with two attached hydrogens (primary N) is 1. The molecule has 0 heterocycles. The van der Waals surface area contributed by atoms with Crippen LogP contribution in [0.15, 0.2) is 12.1 Å². The molecule has 0 radical (unpaired) electrons. The van der Waals surface area contributed by atoms with Gasteiger partial charge < -0.3 is 5.73 Å². The summed E-state index contributed by atoms with van der Waals surface area (Å²) in [6, 6.07) is 4.10. The molecule has 0 unspecified atom stereocenters. The van der Waals surface area contributed by atoms with E-state index < -0.39 is 0 Å². The van der Waals surface area contributed by atoms with Crippen molar-refractivity contribution >= 4 is 73.5 Å². The highest BCUT2D eigenvalue weighted by Gasteiger charge is 2.02. The van der Waals surface area contributed by atoms with E-state index in [1.54, 1.807) is 0 Å². The van der Waals surface area contributed by atoms with Crippen LogP contribution in [0.25, 0.3) is 0 Å². The summed E-state index contributed by atoms with van der Waals surface area (Å²) in [6.45, 7) is 0. The fourth-order valence-electron chi connectivity index (χ4n) is 0.543. The smallest absolute Gasteiger partial charge is 0.0596 e. The molecule has 1 nitrogen and oxygen atoms in total. The molecule has 4 heteroatoms. The Morgan fingerprint density at radius 2 is 1.50 bits per heavy atom. The third kappa shape index (κ3) is 1.87. The van der Waals surface area contributed by atoms with Crippen molar-refractivity contribution in [3.05, 3.63) is 22.8 Å². The molecule has 0 saturated heterocycles. The average Bonchev–Trinajstić information content (AvgIpc) is 1.93. The Morgan fingerprint density at radius 3 is 2.00 bits per heavy atom. The van der Waals surface area contributed by atoms with Crippen molar-refractivity contribution in [3.8, 4) is 0 Å². The lowest BCUT2D eigenvalue weighted by atomic mass is 10.3. The van der Waals surface area contributed by atoms with Crippen molar-refractivity contribution in [3.63, 3.8) is 0 Å². The zero-order valence-corrected chi connectivity index (χ0v) is 11.3. The highest BCUT2D eigenvalue weighted by molar-refractivity contribution is 14.1. The van der Waals surface area contributed by atoms with Crippen LogP contribution in [0, 0.1) is 10.7 Å². The SMILES string of the molecule is Nc1c(I)ccc(I)c1I. The lowest BCUT2D eigenvalue weighted by Gasteiger charge is -2.01. The van der Waals surface area contributed by atoms with Gasteiger partial charge in [0.1, 0.15) is 0 Å². The summed E-state index contributed by atoms with van der Waals surface area (Å²) in [5, 5.41) is 0. The molecule has 0 saturated carbocycles. The fraction of sp³-hybridized carbons (Fsp3) is 0. The van der Waals surface area contributed by atoms with Gasteiger partial charge in [-0.05, 0) is 79.9 Å². The summed E-state index contributed by atoms with van der Waals surface area (Å²) >= 11 is 6.77. The lowest BCUT2D eigenvalue weighted by molar-refractivity contribution is 1.53. The van der Waals surface area contributed by atoms with Crippen molar-refractivity contribution in [2.45, 2.75) is 0 Å². The van der Waals surface area contributed by atoms with Crippen LogP contribution in [-0.4, -0.2) is 0 Å². The maximum absolute atomic E-state index is 5.76. The van der Waals surface area contributed by atoms with Gasteiger partial charge in [-0.15, -0.1) is 0 Å². The molecule has 1 aromatic rings. The summed E-state index contributed by atoms with van der Waals surface area (Å²) in [4.78, 5) is 0. The third-order valence-corrected chi connectivity index (χ3v) is 5.11. The summed E-state index contributed by atoms with van der Waals surface area (Å²) in [6.07, 6.45) is 0. The monoisotopic (exact) mass is 471 g/mol. The van der Waals surface area contributed by atoms with Crippen LogP contribution in [0.5, 0.6) is 0 Å². The van der Waals surface area contributed by atoms with Crippen LogP contribution < -0.4 is 5.73 Å². The zero-order valence-electron chi connectivity index (χ0n) is 4.87. The first kappa shape index (κ1) is 9.30. The molecule has 0 spiro atoms. The Bertz CT molecular complexity index is 232. The van der Waals surface area contributed by atoms with Crippen LogP contribution in [0.4, 0.5) is 5.69 Å². The van der Waals surface area contributed by atoms with E-state index in [2.05, 4.69) is 73.8 Å². The van der Waals surface area contributed by atoms with Gasteiger partial charge in [0.05, 0.1) is 9.26 Å². The number of benzene rings is 1. The Balaban J connectivity index is 3.34. The molecular formula is C6H4I3N. The van der Waals surface area contributed by atoms with Crippen LogP contribution in [0.2, 0.25) is 0 Å². The first-order valence-electron chi connectivity index (χ1n) is 2.52. The average molecular weight is 471 g/mol. The van der Waals surface area contributed by atoms with Gasteiger partial charge in [0.25, 0.3) is 0 Å². The van der Waals surface area contributed by atoms with Gasteiger partial charge in [-0.2, -0.15) is 0 Å². The van der Waals surface area contributed by atoms with Crippen molar-refractivity contribution in [2.75, 3.05) is 5.73 Å². The van der Waals surface area contributed by atoms with Gasteiger partial charge in [-0.3, -0.25) is 0 Å². The van der Waals surface area contributed by atoms with Crippen LogP contribution >= 0.6 is 67.8 Å². The fourth-order valence-corrected chi connectivity index (χ4v) is 2.45. The van der Waals surface area contributed by atoms with E-state index in [-0.39, 0.29) is 0 Å². The Hall–Kier alpha value is 1.21. The zero-order chi connectivity index (χ0) is 7.72. The minimum Gasteiger partial charge on any atom is -0.397 e. The largest absolute Gasteiger partial charge is 0.397 e. The quantitative estimate of drug-likeness (QED) is 0.352. The molecule has 0 fully saturated rings. The van der Waals surface area contributed by atoms with Crippen LogP contribution in [0.3, 0.4) is 0 Å². The van der Waals surface area contributed by atoms with Gasteiger partial charge in [-0.25, -0.2) is 0 Å². The van der Waals surface area contributed by atoms with Gasteiger partial charge in [0, 0.05) is 7.14 Å². The molecule has 2 N–H and O–H groups in total. The maximum atomic E-state index is 5.76. The Morgan fingerprint density at radius 1 is 1.00 bits per heavy atom. The highest BCUT2D eigenvalue weighted by Crippen LogP contribution is 2.25. The van der Waals surface area contributed by atoms with Gasteiger partial charge in [0.2, 0.25) is 0 Å². The molecule has 1 rings (SSSR count). The molecule has 1 aromatic carbocycles. The number of anilines is 1. The van der Waals surface area contributed by atoms with E-state index in [0.717, 1.165) is 12.8 Å². The molecule has 10 heavy (non-hydrogen) atoms. The van der Waals surface area contributed by atoms with Crippen molar-refractivity contribution in [1.82, 2.24) is 0 Å². The van der Waals surface area contributed by atoms with E-state index in [1.165, 1.54) is 3.57 Å². The first-order valence-corrected chi connectivity index (χ1v) is 5.75. The van der Waals surface area contributed by atoms with E-state index in [1.807, 2.05) is 6.07 Å². The maximum Gasteiger partial charge on any atom is 0.0596 e. The third-order valence-electron chi connectivity index (χ3n) is 1.08. The van der Waals surface area contributed by atoms with E-state index in [0.29, 0.717) is 0 Å². The molecule has 0 bridgehead atoms. The minimum absolute atomic E-state index is 0.896. The predicted molar refractivity (Wildman–Crippen MR) is 69.0 cm³/mol. The number of nitrogen functional groups attached to an aromatic ring is 1. The first-order chi connectivity index (χ1) is 4.63. The molecule has 54 valence electrons. The molecule has 0 aliphatic carbocycles. The lowest BCUT2D eigenvalue weighted by Crippen LogP contribution is -1.94. The van der Waals surface area contributed by atoms with E-state index in [9.17, 15) is 0 Å². The van der Waals surface area contributed by atoms with Crippen LogP contribution in [0.1, 0.15) is 0 Å². The standard InChI is InChI=1S/C6H4I3N/c7-3-1-2-4(8)6(10)5(3)9/h1-2H,10H2. The second-order valence-electron chi connectivity index (χ2n) is 1.76. The second kappa shape index (κ2) is 3.74. The number of hydrogen-bond donors (Lipinski definition) is 1. The Labute approximate surface area is 101 Å². The molecule has 0 aromatic heterocycles. The minimum atomic E-state index is 0.896. The van der Waals surface area contributed by atoms with Crippen molar-refractivity contribution < 1.29 is 0 Å². The number of hydrogen-bond acceptors (Lipinski definition) is 1. The van der Waals surface area contributed by atoms with E-state index in [4.69, 9.17) is 5.73 Å². The summed E-state index contributed by atoms with van der Waals surface area (Å²) in [5.74, 6) is 0. The summed E-state index contributed by atoms with van der Waals surface area (Å²) in [5.41, 5.74) is 6.66. The van der Waals surface area contributed by atoms with E-state index >= 15 is 0 Å². The van der Waals surface area contributed by atoms with Crippen LogP contribution in [-0.2, 0) is 0 Å². The van der Waals surface area contributed by atoms with Crippen molar-refractivity contribution in [1.29, 1.82) is 0 Å². The van der Waals surface area contributed by atoms with Gasteiger partial charge in [0.15, 0.2) is 0 Å². The summed E-state index contributed by atoms with van der Waals surface area (Å²) < 4.78 is 3.50. The molecule has 0 atom stereocenters. The predicted octanol–water partition coefficient (Wildman–Crippen LogP) is 3.08. The van der Waals surface area contributed by atoms with Gasteiger partial charge in [-0.1, -0.05) is 0 Å². The number of rotatable bonds is 0. The van der Waals surface area contributed by atoms with Crippen molar-refractivity contribution in [2.24, 2.45) is 0 Å².